The van der Waals surface area contributed by atoms with Gasteiger partial charge in [0.25, 0.3) is 0 Å². The number of carboxylic acids is 6. The highest BCUT2D eigenvalue weighted by atomic mass is 16.4. The minimum absolute atomic E-state index is 0.0412. The van der Waals surface area contributed by atoms with Gasteiger partial charge in [-0.05, 0) is 7.05 Å². The van der Waals surface area contributed by atoms with Gasteiger partial charge in [0.2, 0.25) is 11.8 Å². The second kappa shape index (κ2) is 28.0. The lowest BCUT2D eigenvalue weighted by Crippen LogP contribution is -2.51. The summed E-state index contributed by atoms with van der Waals surface area (Å²) in [4.78, 5) is 110. The second-order valence-electron chi connectivity index (χ2n) is 14.9. The highest BCUT2D eigenvalue weighted by molar-refractivity contribution is 5.78. The van der Waals surface area contributed by atoms with Gasteiger partial charge in [0.1, 0.15) is 0 Å². The van der Waals surface area contributed by atoms with Crippen molar-refractivity contribution in [2.45, 2.75) is 0 Å². The van der Waals surface area contributed by atoms with E-state index in [0.29, 0.717) is 0 Å². The van der Waals surface area contributed by atoms with Crippen LogP contribution in [0.25, 0.3) is 0 Å². The fourth-order valence-electron chi connectivity index (χ4n) is 6.59. The fraction of sp³-hybridized carbons (Fsp3) is 0.771. The van der Waals surface area contributed by atoms with Gasteiger partial charge in [0, 0.05) is 105 Å². The zero-order valence-electron chi connectivity index (χ0n) is 34.4. The first-order valence-corrected chi connectivity index (χ1v) is 19.7. The Morgan fingerprint density at radius 1 is 0.333 bits per heavy atom. The Morgan fingerprint density at radius 2 is 0.483 bits per heavy atom. The van der Waals surface area contributed by atoms with Crippen molar-refractivity contribution >= 4 is 47.6 Å². The molecule has 0 saturated carbocycles. The van der Waals surface area contributed by atoms with Crippen molar-refractivity contribution < 1.29 is 69.0 Å². The molecular weight excluding hydrogens is 798 g/mol. The van der Waals surface area contributed by atoms with Crippen LogP contribution in [0.2, 0.25) is 0 Å². The van der Waals surface area contributed by atoms with Crippen LogP contribution in [-0.2, 0) is 38.4 Å². The first-order valence-electron chi connectivity index (χ1n) is 19.7. The van der Waals surface area contributed by atoms with Crippen LogP contribution in [0, 0.1) is 0 Å². The first-order chi connectivity index (χ1) is 28.4. The van der Waals surface area contributed by atoms with E-state index in [1.54, 1.807) is 51.1 Å². The Balaban J connectivity index is 1.99. The molecule has 0 atom stereocenters. The van der Waals surface area contributed by atoms with Crippen molar-refractivity contribution in [1.29, 1.82) is 0 Å². The van der Waals surface area contributed by atoms with E-state index in [2.05, 4.69) is 10.6 Å². The van der Waals surface area contributed by atoms with Gasteiger partial charge in [-0.3, -0.25) is 82.5 Å². The van der Waals surface area contributed by atoms with Gasteiger partial charge in [-0.1, -0.05) is 0 Å². The third-order valence-electron chi connectivity index (χ3n) is 9.84. The Labute approximate surface area is 348 Å². The fourth-order valence-corrected chi connectivity index (χ4v) is 6.59. The van der Waals surface area contributed by atoms with Crippen LogP contribution in [0.3, 0.4) is 0 Å². The normalized spacial score (nSPS) is 19.2. The third-order valence-corrected chi connectivity index (χ3v) is 9.84. The van der Waals surface area contributed by atoms with E-state index in [1.165, 1.54) is 0 Å². The molecule has 342 valence electrons. The van der Waals surface area contributed by atoms with Crippen molar-refractivity contribution in [3.63, 3.8) is 0 Å². The number of hydrogen-bond donors (Lipinski definition) is 8. The SMILES string of the molecule is CN(CNC(=O)CN1CCN(CC(=O)O)CCN(CC(=O)O)CCN(CC(=O)O)CC1)CNC(=O)CN1CCN(CC(=O)O)CCN(CC(=O)O)CCN(CC(=O)O)CC1. The maximum atomic E-state index is 13.1. The Morgan fingerprint density at radius 3 is 0.633 bits per heavy atom. The molecular formula is C35H63N11O14. The highest BCUT2D eigenvalue weighted by Gasteiger charge is 2.23. The minimum atomic E-state index is -1.06. The standard InChI is InChI=1S/C35H63N11O14/c1-38(26-36-28(47)18-39-2-6-41(20-30(49)50)10-14-45(24-34(57)58)15-11-42(7-3-39)21-31(51)52)27-37-29(48)19-40-4-8-43(22-32(53)54)12-16-46(25-35(59)60)17-13-44(9-5-40)23-33(55)56/h2-27H2,1H3,(H,36,47)(H,37,48)(H,49,50)(H,51,52)(H,53,54)(H,55,56)(H,57,58)(H,59,60). The largest absolute Gasteiger partial charge is 0.480 e. The van der Waals surface area contributed by atoms with Gasteiger partial charge in [0.05, 0.1) is 65.7 Å². The molecule has 8 N–H and O–H groups in total. The molecule has 2 aliphatic heterocycles. The summed E-state index contributed by atoms with van der Waals surface area (Å²) in [5.74, 6) is -7.10. The number of carbonyl (C=O) groups is 8. The summed E-state index contributed by atoms with van der Waals surface area (Å²) in [6, 6.07) is 0. The van der Waals surface area contributed by atoms with Gasteiger partial charge in [-0.2, -0.15) is 0 Å². The van der Waals surface area contributed by atoms with E-state index in [1.807, 2.05) is 0 Å². The number of rotatable bonds is 20. The predicted octanol–water partition coefficient (Wildman–Crippen LogP) is -5.98. The predicted molar refractivity (Wildman–Crippen MR) is 211 cm³/mol. The molecule has 25 heteroatoms. The molecule has 0 aromatic rings. The van der Waals surface area contributed by atoms with Gasteiger partial charge in [0.15, 0.2) is 0 Å². The van der Waals surface area contributed by atoms with Crippen molar-refractivity contribution in [2.75, 3.05) is 177 Å². The zero-order chi connectivity index (χ0) is 44.6. The van der Waals surface area contributed by atoms with Crippen molar-refractivity contribution in [3.8, 4) is 0 Å². The number of aliphatic carboxylic acids is 6. The summed E-state index contributed by atoms with van der Waals surface area (Å²) in [6.45, 7) is 2.24. The molecule has 2 rings (SSSR count). The van der Waals surface area contributed by atoms with Crippen molar-refractivity contribution in [3.05, 3.63) is 0 Å². The molecule has 0 aliphatic carbocycles. The summed E-state index contributed by atoms with van der Waals surface area (Å²) in [7, 11) is 1.66. The van der Waals surface area contributed by atoms with E-state index < -0.39 is 35.8 Å². The van der Waals surface area contributed by atoms with Crippen LogP contribution < -0.4 is 10.6 Å². The van der Waals surface area contributed by atoms with E-state index in [-0.39, 0.29) is 182 Å². The number of nitrogens with zero attached hydrogens (tertiary/aromatic N) is 9. The highest BCUT2D eigenvalue weighted by Crippen LogP contribution is 2.04. The number of carboxylic acid groups (broad SMARTS) is 6. The van der Waals surface area contributed by atoms with Crippen molar-refractivity contribution in [1.82, 2.24) is 54.7 Å². The molecule has 0 spiro atoms. The van der Waals surface area contributed by atoms with E-state index in [0.717, 1.165) is 0 Å². The lowest BCUT2D eigenvalue weighted by molar-refractivity contribution is -0.140. The Bertz CT molecular complexity index is 1260. The van der Waals surface area contributed by atoms with Crippen LogP contribution in [-0.4, -0.2) is 300 Å². The van der Waals surface area contributed by atoms with Gasteiger partial charge in [-0.15, -0.1) is 0 Å². The Kier molecular flexibility index (Phi) is 24.1. The minimum Gasteiger partial charge on any atom is -0.480 e. The van der Waals surface area contributed by atoms with Crippen LogP contribution in [0.5, 0.6) is 0 Å². The lowest BCUT2D eigenvalue weighted by atomic mass is 10.3. The molecule has 0 aromatic heterocycles. The summed E-state index contributed by atoms with van der Waals surface area (Å²) in [6.07, 6.45) is 0. The summed E-state index contributed by atoms with van der Waals surface area (Å²) >= 11 is 0. The van der Waals surface area contributed by atoms with Crippen LogP contribution in [0.15, 0.2) is 0 Å². The summed E-state index contributed by atoms with van der Waals surface area (Å²) < 4.78 is 0. The first kappa shape index (κ1) is 51.5. The summed E-state index contributed by atoms with van der Waals surface area (Å²) in [5.41, 5.74) is 0. The van der Waals surface area contributed by atoms with E-state index in [9.17, 15) is 69.0 Å². The number of amides is 2. The van der Waals surface area contributed by atoms with Gasteiger partial charge < -0.3 is 41.3 Å². The topological polar surface area (TPSA) is 311 Å². The smallest absolute Gasteiger partial charge is 0.317 e. The van der Waals surface area contributed by atoms with Crippen LogP contribution in [0.4, 0.5) is 0 Å². The molecule has 2 heterocycles. The zero-order valence-corrected chi connectivity index (χ0v) is 34.4. The molecule has 0 aromatic carbocycles. The maximum Gasteiger partial charge on any atom is 0.317 e. The molecule has 2 saturated heterocycles. The average molecular weight is 862 g/mol. The number of carbonyl (C=O) groups excluding carboxylic acids is 2. The summed E-state index contributed by atoms with van der Waals surface area (Å²) in [5, 5.41) is 62.1. The maximum absolute atomic E-state index is 13.1. The molecule has 2 amide bonds. The average Bonchev–Trinajstić information content (AvgIpc) is 3.14. The number of nitrogens with one attached hydrogen (secondary N) is 2. The van der Waals surface area contributed by atoms with Gasteiger partial charge in [-0.25, -0.2) is 0 Å². The molecule has 2 aliphatic rings. The van der Waals surface area contributed by atoms with Crippen LogP contribution in [0.1, 0.15) is 0 Å². The van der Waals surface area contributed by atoms with E-state index >= 15 is 0 Å². The quantitative estimate of drug-likeness (QED) is 0.0529. The molecule has 0 radical (unpaired) electrons. The molecule has 0 bridgehead atoms. The Hall–Kier alpha value is -4.60. The second-order valence-corrected chi connectivity index (χ2v) is 14.9. The van der Waals surface area contributed by atoms with Gasteiger partial charge >= 0.3 is 35.8 Å². The van der Waals surface area contributed by atoms with Crippen LogP contribution >= 0.6 is 0 Å². The van der Waals surface area contributed by atoms with E-state index in [4.69, 9.17) is 0 Å². The molecule has 25 nitrogen and oxygen atoms in total. The van der Waals surface area contributed by atoms with Crippen molar-refractivity contribution in [2.24, 2.45) is 0 Å². The number of hydrogen-bond acceptors (Lipinski definition) is 17. The molecule has 60 heavy (non-hydrogen) atoms. The monoisotopic (exact) mass is 861 g/mol. The third kappa shape index (κ3) is 24.5. The lowest BCUT2D eigenvalue weighted by Gasteiger charge is -2.33. The molecule has 0 unspecified atom stereocenters. The molecule has 2 fully saturated rings.